The second-order valence-corrected chi connectivity index (χ2v) is 5.99. The summed E-state index contributed by atoms with van der Waals surface area (Å²) < 4.78 is 6.56. The number of aromatic nitrogens is 2. The van der Waals surface area contributed by atoms with Crippen molar-refractivity contribution in [3.63, 3.8) is 0 Å². The summed E-state index contributed by atoms with van der Waals surface area (Å²) >= 11 is 3.62. The van der Waals surface area contributed by atoms with Crippen LogP contribution >= 0.6 is 15.9 Å². The van der Waals surface area contributed by atoms with E-state index in [9.17, 15) is 0 Å². The predicted octanol–water partition coefficient (Wildman–Crippen LogP) is 3.72. The molecule has 21 heavy (non-hydrogen) atoms. The average molecular weight is 348 g/mol. The number of ether oxygens (including phenoxy) is 1. The lowest BCUT2D eigenvalue weighted by Crippen LogP contribution is -2.17. The van der Waals surface area contributed by atoms with Crippen molar-refractivity contribution in [2.75, 3.05) is 18.5 Å². The van der Waals surface area contributed by atoms with Gasteiger partial charge in [-0.25, -0.2) is 9.97 Å². The van der Waals surface area contributed by atoms with Crippen molar-refractivity contribution in [1.82, 2.24) is 9.97 Å². The molecule has 1 aliphatic rings. The molecule has 0 saturated heterocycles. The number of rotatable bonds is 3. The van der Waals surface area contributed by atoms with E-state index in [0.717, 1.165) is 52.5 Å². The molecule has 3 rings (SSSR count). The number of nitrogens with zero attached hydrogens (tertiary/aromatic N) is 2. The molecule has 0 amide bonds. The Hall–Kier alpha value is -1.46. The highest BCUT2D eigenvalue weighted by atomic mass is 79.9. The Balaban J connectivity index is 2.12. The van der Waals surface area contributed by atoms with Crippen LogP contribution in [0.15, 0.2) is 22.7 Å². The Morgan fingerprint density at radius 3 is 2.95 bits per heavy atom. The Morgan fingerprint density at radius 1 is 1.33 bits per heavy atom. The molecule has 0 saturated carbocycles. The van der Waals surface area contributed by atoms with Gasteiger partial charge in [0.2, 0.25) is 0 Å². The monoisotopic (exact) mass is 347 g/mol. The summed E-state index contributed by atoms with van der Waals surface area (Å²) in [7, 11) is 0. The number of fused-ring (bicyclic) bond motifs is 1. The molecule has 5 heteroatoms. The molecule has 1 N–H and O–H groups in total. The van der Waals surface area contributed by atoms with Gasteiger partial charge in [0, 0.05) is 28.6 Å². The highest BCUT2D eigenvalue weighted by Gasteiger charge is 2.19. The minimum atomic E-state index is 0.590. The van der Waals surface area contributed by atoms with E-state index in [1.54, 1.807) is 0 Å². The average Bonchev–Trinajstić information content (AvgIpc) is 2.47. The van der Waals surface area contributed by atoms with Crippen molar-refractivity contribution in [3.8, 4) is 11.4 Å². The maximum atomic E-state index is 5.54. The molecule has 4 nitrogen and oxygen atoms in total. The van der Waals surface area contributed by atoms with Crippen LogP contribution in [-0.4, -0.2) is 23.1 Å². The summed E-state index contributed by atoms with van der Waals surface area (Å²) in [6, 6.07) is 6.24. The van der Waals surface area contributed by atoms with Gasteiger partial charge in [-0.15, -0.1) is 0 Å². The molecule has 1 aromatic heterocycles. The van der Waals surface area contributed by atoms with Crippen LogP contribution in [0, 0.1) is 6.92 Å². The number of anilines is 1. The number of hydrogen-bond donors (Lipinski definition) is 1. The molecule has 0 atom stereocenters. The zero-order valence-electron chi connectivity index (χ0n) is 12.2. The first-order valence-corrected chi connectivity index (χ1v) is 7.96. The van der Waals surface area contributed by atoms with Gasteiger partial charge in [0.15, 0.2) is 5.82 Å². The van der Waals surface area contributed by atoms with E-state index >= 15 is 0 Å². The lowest BCUT2D eigenvalue weighted by Gasteiger charge is -2.20. The maximum absolute atomic E-state index is 5.54. The van der Waals surface area contributed by atoms with Gasteiger partial charge in [-0.05, 0) is 31.5 Å². The minimum Gasteiger partial charge on any atom is -0.376 e. The molecule has 0 radical (unpaired) electrons. The van der Waals surface area contributed by atoms with Crippen molar-refractivity contribution in [2.24, 2.45) is 0 Å². The zero-order chi connectivity index (χ0) is 14.8. The molecule has 0 fully saturated rings. The first kappa shape index (κ1) is 14.5. The summed E-state index contributed by atoms with van der Waals surface area (Å²) in [5.74, 6) is 1.66. The lowest BCUT2D eigenvalue weighted by atomic mass is 10.1. The SMILES string of the molecule is CCNc1nc(-c2ccc(C)cc2Br)nc2c1COCC2. The number of halogens is 1. The first-order chi connectivity index (χ1) is 10.2. The first-order valence-electron chi connectivity index (χ1n) is 7.17. The number of aryl methyl sites for hydroxylation is 1. The predicted molar refractivity (Wildman–Crippen MR) is 87.4 cm³/mol. The van der Waals surface area contributed by atoms with E-state index in [1.165, 1.54) is 5.56 Å². The van der Waals surface area contributed by atoms with Crippen LogP contribution in [0.1, 0.15) is 23.7 Å². The van der Waals surface area contributed by atoms with Gasteiger partial charge in [-0.2, -0.15) is 0 Å². The zero-order valence-corrected chi connectivity index (χ0v) is 13.8. The van der Waals surface area contributed by atoms with Gasteiger partial charge in [-0.3, -0.25) is 0 Å². The molecule has 2 heterocycles. The van der Waals surface area contributed by atoms with Crippen LogP contribution in [0.5, 0.6) is 0 Å². The molecule has 2 aromatic rings. The Morgan fingerprint density at radius 2 is 2.19 bits per heavy atom. The van der Waals surface area contributed by atoms with Gasteiger partial charge in [0.05, 0.1) is 18.9 Å². The third-order valence-corrected chi connectivity index (χ3v) is 4.19. The van der Waals surface area contributed by atoms with Crippen LogP contribution in [0.2, 0.25) is 0 Å². The fourth-order valence-electron chi connectivity index (χ4n) is 2.47. The van der Waals surface area contributed by atoms with Gasteiger partial charge in [-0.1, -0.05) is 22.0 Å². The van der Waals surface area contributed by atoms with E-state index in [4.69, 9.17) is 14.7 Å². The third-order valence-electron chi connectivity index (χ3n) is 3.53. The van der Waals surface area contributed by atoms with Gasteiger partial charge < -0.3 is 10.1 Å². The topological polar surface area (TPSA) is 47.0 Å². The molecule has 110 valence electrons. The highest BCUT2D eigenvalue weighted by molar-refractivity contribution is 9.10. The third kappa shape index (κ3) is 2.94. The molecular formula is C16H18BrN3O. The van der Waals surface area contributed by atoms with Crippen LogP contribution in [0.4, 0.5) is 5.82 Å². The van der Waals surface area contributed by atoms with Crippen molar-refractivity contribution >= 4 is 21.7 Å². The van der Waals surface area contributed by atoms with Crippen molar-refractivity contribution in [2.45, 2.75) is 26.9 Å². The van der Waals surface area contributed by atoms with E-state index < -0.39 is 0 Å². The normalized spacial score (nSPS) is 13.9. The van der Waals surface area contributed by atoms with Crippen molar-refractivity contribution in [3.05, 3.63) is 39.5 Å². The molecule has 1 aromatic carbocycles. The van der Waals surface area contributed by atoms with Crippen molar-refractivity contribution < 1.29 is 4.74 Å². The number of benzene rings is 1. The molecule has 0 spiro atoms. The fourth-order valence-corrected chi connectivity index (χ4v) is 3.14. The van der Waals surface area contributed by atoms with Crippen LogP contribution < -0.4 is 5.32 Å². The summed E-state index contributed by atoms with van der Waals surface area (Å²) in [5, 5.41) is 3.33. The van der Waals surface area contributed by atoms with E-state index in [-0.39, 0.29) is 0 Å². The second kappa shape index (κ2) is 6.12. The largest absolute Gasteiger partial charge is 0.376 e. The second-order valence-electron chi connectivity index (χ2n) is 5.14. The number of hydrogen-bond acceptors (Lipinski definition) is 4. The van der Waals surface area contributed by atoms with E-state index in [0.29, 0.717) is 6.61 Å². The number of nitrogens with one attached hydrogen (secondary N) is 1. The molecule has 0 aliphatic carbocycles. The maximum Gasteiger partial charge on any atom is 0.162 e. The van der Waals surface area contributed by atoms with Gasteiger partial charge >= 0.3 is 0 Å². The summed E-state index contributed by atoms with van der Waals surface area (Å²) in [5.41, 5.74) is 4.42. The van der Waals surface area contributed by atoms with Crippen LogP contribution in [0.25, 0.3) is 11.4 Å². The molecule has 0 unspecified atom stereocenters. The van der Waals surface area contributed by atoms with Gasteiger partial charge in [0.25, 0.3) is 0 Å². The van der Waals surface area contributed by atoms with E-state index in [1.807, 2.05) is 0 Å². The van der Waals surface area contributed by atoms with E-state index in [2.05, 4.69) is 53.3 Å². The highest BCUT2D eigenvalue weighted by Crippen LogP contribution is 2.30. The standard InChI is InChI=1S/C16H18BrN3O/c1-3-18-15-12-9-21-7-6-14(12)19-16(20-15)11-5-4-10(2)8-13(11)17/h4-5,8H,3,6-7,9H2,1-2H3,(H,18,19,20). The summed E-state index contributed by atoms with van der Waals surface area (Å²) in [6.45, 7) is 6.29. The Labute approximate surface area is 133 Å². The summed E-state index contributed by atoms with van der Waals surface area (Å²) in [6.07, 6.45) is 0.840. The smallest absolute Gasteiger partial charge is 0.162 e. The fraction of sp³-hybridized carbons (Fsp3) is 0.375. The minimum absolute atomic E-state index is 0.590. The lowest BCUT2D eigenvalue weighted by molar-refractivity contribution is 0.109. The molecule has 0 bridgehead atoms. The molecule has 1 aliphatic heterocycles. The van der Waals surface area contributed by atoms with Crippen LogP contribution in [-0.2, 0) is 17.8 Å². The van der Waals surface area contributed by atoms with Gasteiger partial charge in [0.1, 0.15) is 5.82 Å². The van der Waals surface area contributed by atoms with Crippen molar-refractivity contribution in [1.29, 1.82) is 0 Å². The summed E-state index contributed by atoms with van der Waals surface area (Å²) in [4.78, 5) is 9.46. The Bertz CT molecular complexity index is 673. The molecular weight excluding hydrogens is 330 g/mol. The quantitative estimate of drug-likeness (QED) is 0.918. The Kier molecular flexibility index (Phi) is 4.22. The van der Waals surface area contributed by atoms with Crippen LogP contribution in [0.3, 0.4) is 0 Å².